The van der Waals surface area contributed by atoms with Crippen LogP contribution in [0.15, 0.2) is 24.5 Å². The minimum absolute atomic E-state index is 0.0967. The van der Waals surface area contributed by atoms with E-state index >= 15 is 0 Å². The first kappa shape index (κ1) is 15.0. The predicted octanol–water partition coefficient (Wildman–Crippen LogP) is 3.30. The molecular weight excluding hydrogens is 316 g/mol. The summed E-state index contributed by atoms with van der Waals surface area (Å²) in [6, 6.07) is 2.73. The van der Waals surface area contributed by atoms with Gasteiger partial charge in [0.05, 0.1) is 17.1 Å². The summed E-state index contributed by atoms with van der Waals surface area (Å²) in [5.41, 5.74) is -0.268. The fourth-order valence-electron chi connectivity index (χ4n) is 2.05. The number of aromatic nitrogens is 4. The molecule has 0 spiro atoms. The molecule has 0 amide bonds. The van der Waals surface area contributed by atoms with Crippen molar-refractivity contribution in [2.24, 2.45) is 0 Å². The highest BCUT2D eigenvalue weighted by Gasteiger charge is 2.35. The first-order chi connectivity index (χ1) is 10.9. The number of hydrogen-bond donors (Lipinski definition) is 3. The lowest BCUT2D eigenvalue weighted by Crippen LogP contribution is -2.12. The SMILES string of the molecule is CNc1nc(Nc2cc(F)c3cn[nH]c3c2)ncc1C(F)(F)F. The molecule has 6 nitrogen and oxygen atoms in total. The molecule has 3 N–H and O–H groups in total. The lowest BCUT2D eigenvalue weighted by atomic mass is 10.2. The number of halogens is 4. The van der Waals surface area contributed by atoms with E-state index in [2.05, 4.69) is 30.8 Å². The van der Waals surface area contributed by atoms with Crippen molar-refractivity contribution in [2.45, 2.75) is 6.18 Å². The number of nitrogens with zero attached hydrogens (tertiary/aromatic N) is 3. The van der Waals surface area contributed by atoms with Crippen molar-refractivity contribution in [1.82, 2.24) is 20.2 Å². The van der Waals surface area contributed by atoms with Crippen LogP contribution in [-0.4, -0.2) is 27.2 Å². The standard InChI is InChI=1S/C13H10F4N6/c1-18-11-8(13(15,16)17)5-19-12(22-11)21-6-2-9(14)7-4-20-23-10(7)3-6/h2-5H,1H3,(H,20,23)(H2,18,19,21,22). The number of benzene rings is 1. The number of anilines is 3. The van der Waals surface area contributed by atoms with Gasteiger partial charge in [0.25, 0.3) is 0 Å². The van der Waals surface area contributed by atoms with E-state index in [9.17, 15) is 17.6 Å². The number of alkyl halides is 3. The van der Waals surface area contributed by atoms with E-state index in [0.29, 0.717) is 17.1 Å². The molecule has 0 aliphatic carbocycles. The van der Waals surface area contributed by atoms with Gasteiger partial charge in [-0.3, -0.25) is 5.10 Å². The third-order valence-corrected chi connectivity index (χ3v) is 3.10. The van der Waals surface area contributed by atoms with Crippen molar-refractivity contribution in [3.63, 3.8) is 0 Å². The minimum atomic E-state index is -4.57. The van der Waals surface area contributed by atoms with Gasteiger partial charge in [-0.25, -0.2) is 9.37 Å². The number of H-pyrrole nitrogens is 1. The van der Waals surface area contributed by atoms with Crippen molar-refractivity contribution in [2.75, 3.05) is 17.7 Å². The fourth-order valence-corrected chi connectivity index (χ4v) is 2.05. The zero-order chi connectivity index (χ0) is 16.6. The third kappa shape index (κ3) is 2.87. The lowest BCUT2D eigenvalue weighted by Gasteiger charge is -2.13. The monoisotopic (exact) mass is 326 g/mol. The van der Waals surface area contributed by atoms with Crippen LogP contribution in [0.4, 0.5) is 35.0 Å². The second-order valence-electron chi connectivity index (χ2n) is 4.62. The van der Waals surface area contributed by atoms with Crippen LogP contribution >= 0.6 is 0 Å². The molecule has 23 heavy (non-hydrogen) atoms. The highest BCUT2D eigenvalue weighted by atomic mass is 19.4. The van der Waals surface area contributed by atoms with E-state index < -0.39 is 17.6 Å². The largest absolute Gasteiger partial charge is 0.421 e. The van der Waals surface area contributed by atoms with Crippen LogP contribution in [0.3, 0.4) is 0 Å². The Balaban J connectivity index is 1.95. The molecule has 0 aliphatic heterocycles. The molecule has 2 heterocycles. The van der Waals surface area contributed by atoms with Crippen LogP contribution in [0.5, 0.6) is 0 Å². The summed E-state index contributed by atoms with van der Waals surface area (Å²) in [5, 5.41) is 11.7. The molecule has 10 heteroatoms. The summed E-state index contributed by atoms with van der Waals surface area (Å²) in [6.45, 7) is 0. The lowest BCUT2D eigenvalue weighted by molar-refractivity contribution is -0.137. The summed E-state index contributed by atoms with van der Waals surface area (Å²) in [7, 11) is 1.32. The number of aromatic amines is 1. The van der Waals surface area contributed by atoms with Crippen molar-refractivity contribution >= 4 is 28.4 Å². The molecule has 120 valence electrons. The van der Waals surface area contributed by atoms with Crippen molar-refractivity contribution < 1.29 is 17.6 Å². The number of rotatable bonds is 3. The third-order valence-electron chi connectivity index (χ3n) is 3.10. The minimum Gasteiger partial charge on any atom is -0.372 e. The molecular formula is C13H10F4N6. The maximum absolute atomic E-state index is 13.8. The molecule has 0 bridgehead atoms. The second kappa shape index (κ2) is 5.38. The highest BCUT2D eigenvalue weighted by molar-refractivity contribution is 5.83. The average molecular weight is 326 g/mol. The first-order valence-electron chi connectivity index (χ1n) is 6.40. The zero-order valence-electron chi connectivity index (χ0n) is 11.7. The molecule has 0 fully saturated rings. The first-order valence-corrected chi connectivity index (χ1v) is 6.40. The van der Waals surface area contributed by atoms with E-state index in [1.165, 1.54) is 19.3 Å². The molecule has 2 aromatic heterocycles. The van der Waals surface area contributed by atoms with Gasteiger partial charge in [-0.1, -0.05) is 0 Å². The molecule has 0 aliphatic rings. The Hall–Kier alpha value is -2.91. The van der Waals surface area contributed by atoms with Gasteiger partial charge < -0.3 is 10.6 Å². The molecule has 3 rings (SSSR count). The molecule has 0 atom stereocenters. The van der Waals surface area contributed by atoms with Gasteiger partial charge >= 0.3 is 6.18 Å². The number of nitrogens with one attached hydrogen (secondary N) is 3. The Bertz CT molecular complexity index is 857. The Morgan fingerprint density at radius 3 is 2.65 bits per heavy atom. The van der Waals surface area contributed by atoms with Gasteiger partial charge in [-0.05, 0) is 12.1 Å². The smallest absolute Gasteiger partial charge is 0.372 e. The maximum atomic E-state index is 13.8. The number of fused-ring (bicyclic) bond motifs is 1. The van der Waals surface area contributed by atoms with Gasteiger partial charge in [-0.15, -0.1) is 0 Å². The van der Waals surface area contributed by atoms with E-state index in [4.69, 9.17) is 0 Å². The van der Waals surface area contributed by atoms with Gasteiger partial charge in [0.15, 0.2) is 0 Å². The topological polar surface area (TPSA) is 78.5 Å². The fraction of sp³-hybridized carbons (Fsp3) is 0.154. The summed E-state index contributed by atoms with van der Waals surface area (Å²) < 4.78 is 52.2. The summed E-state index contributed by atoms with van der Waals surface area (Å²) >= 11 is 0. The van der Waals surface area contributed by atoms with Crippen molar-refractivity contribution in [3.05, 3.63) is 35.9 Å². The normalized spacial score (nSPS) is 11.7. The van der Waals surface area contributed by atoms with Gasteiger partial charge in [-0.2, -0.15) is 23.3 Å². The molecule has 1 aromatic carbocycles. The van der Waals surface area contributed by atoms with Crippen LogP contribution in [0.25, 0.3) is 10.9 Å². The van der Waals surface area contributed by atoms with Crippen LogP contribution in [0.2, 0.25) is 0 Å². The van der Waals surface area contributed by atoms with Crippen LogP contribution in [0.1, 0.15) is 5.56 Å². The number of hydrogen-bond acceptors (Lipinski definition) is 5. The van der Waals surface area contributed by atoms with E-state index in [-0.39, 0.29) is 17.5 Å². The molecule has 0 saturated carbocycles. The van der Waals surface area contributed by atoms with Crippen molar-refractivity contribution in [1.29, 1.82) is 0 Å². The molecule has 0 saturated heterocycles. The van der Waals surface area contributed by atoms with E-state index in [0.717, 1.165) is 0 Å². The van der Waals surface area contributed by atoms with Crippen LogP contribution < -0.4 is 10.6 Å². The van der Waals surface area contributed by atoms with E-state index in [1.54, 1.807) is 6.07 Å². The Kier molecular flexibility index (Phi) is 3.51. The predicted molar refractivity (Wildman–Crippen MR) is 75.9 cm³/mol. The van der Waals surface area contributed by atoms with Gasteiger partial charge in [0.2, 0.25) is 5.95 Å². The average Bonchev–Trinajstić information content (AvgIpc) is 2.95. The maximum Gasteiger partial charge on any atom is 0.421 e. The quantitative estimate of drug-likeness (QED) is 0.644. The summed E-state index contributed by atoms with van der Waals surface area (Å²) in [5.74, 6) is -1.00. The van der Waals surface area contributed by atoms with Gasteiger partial charge in [0, 0.05) is 18.9 Å². The highest BCUT2D eigenvalue weighted by Crippen LogP contribution is 2.34. The van der Waals surface area contributed by atoms with Crippen LogP contribution in [0, 0.1) is 5.82 Å². The van der Waals surface area contributed by atoms with Crippen LogP contribution in [-0.2, 0) is 6.18 Å². The Morgan fingerprint density at radius 2 is 1.96 bits per heavy atom. The zero-order valence-corrected chi connectivity index (χ0v) is 11.7. The summed E-state index contributed by atoms with van der Waals surface area (Å²) in [6.07, 6.45) is -2.58. The molecule has 0 radical (unpaired) electrons. The van der Waals surface area contributed by atoms with Crippen molar-refractivity contribution in [3.8, 4) is 0 Å². The Morgan fingerprint density at radius 1 is 1.17 bits per heavy atom. The molecule has 0 unspecified atom stereocenters. The van der Waals surface area contributed by atoms with E-state index in [1.807, 2.05) is 0 Å². The molecule has 3 aromatic rings. The van der Waals surface area contributed by atoms with Gasteiger partial charge in [0.1, 0.15) is 17.2 Å². The summed E-state index contributed by atoms with van der Waals surface area (Å²) in [4.78, 5) is 7.36. The Labute approximate surface area is 126 Å². The second-order valence-corrected chi connectivity index (χ2v) is 4.62.